The normalized spacial score (nSPS) is 11.2. The van der Waals surface area contributed by atoms with E-state index in [1.807, 2.05) is 6.92 Å². The summed E-state index contributed by atoms with van der Waals surface area (Å²) in [5.74, 6) is 1.60. The van der Waals surface area contributed by atoms with Crippen LogP contribution in [-0.4, -0.2) is 38.2 Å². The van der Waals surface area contributed by atoms with Crippen LogP contribution in [-0.2, 0) is 10.0 Å². The highest BCUT2D eigenvalue weighted by Gasteiger charge is 2.23. The highest BCUT2D eigenvalue weighted by molar-refractivity contribution is 7.90. The zero-order valence-electron chi connectivity index (χ0n) is 16.0. The Morgan fingerprint density at radius 2 is 1.68 bits per heavy atom. The van der Waals surface area contributed by atoms with Crippen LogP contribution in [0.15, 0.2) is 59.8 Å². The number of benzene rings is 2. The third kappa shape index (κ3) is 3.68. The molecule has 0 saturated heterocycles. The van der Waals surface area contributed by atoms with Crippen LogP contribution >= 0.6 is 0 Å². The quantitative estimate of drug-likeness (QED) is 0.573. The summed E-state index contributed by atoms with van der Waals surface area (Å²) in [4.78, 5) is 4.43. The molecule has 0 spiro atoms. The number of methoxy groups -OCH3 is 2. The summed E-state index contributed by atoms with van der Waals surface area (Å²) < 4.78 is 43.9. The van der Waals surface area contributed by atoms with Crippen molar-refractivity contribution in [2.45, 2.75) is 18.2 Å². The van der Waals surface area contributed by atoms with Gasteiger partial charge in [0.25, 0.3) is 10.0 Å². The number of nitrogens with zero attached hydrogens (tertiary/aromatic N) is 2. The SMILES string of the molecule is CCCOc1c(OC)cc(-c2nccn2S(=O)(=O)c2ccccc2)cc1OC. The molecule has 2 aromatic carbocycles. The van der Waals surface area contributed by atoms with E-state index >= 15 is 0 Å². The number of imidazole rings is 1. The Morgan fingerprint density at radius 1 is 1.04 bits per heavy atom. The Labute approximate surface area is 164 Å². The zero-order valence-corrected chi connectivity index (χ0v) is 16.8. The van der Waals surface area contributed by atoms with Gasteiger partial charge in [0.05, 0.1) is 25.7 Å². The van der Waals surface area contributed by atoms with Crippen LogP contribution in [0.1, 0.15) is 13.3 Å². The van der Waals surface area contributed by atoms with Gasteiger partial charge in [0.2, 0.25) is 5.75 Å². The standard InChI is InChI=1S/C20H22N2O5S/c1-4-12-27-19-17(25-2)13-15(14-18(19)26-3)20-21-10-11-22(20)28(23,24)16-8-6-5-7-9-16/h5-11,13-14H,4,12H2,1-3H3. The van der Waals surface area contributed by atoms with Gasteiger partial charge in [-0.05, 0) is 30.7 Å². The minimum Gasteiger partial charge on any atom is -0.493 e. The van der Waals surface area contributed by atoms with E-state index in [0.717, 1.165) is 10.4 Å². The lowest BCUT2D eigenvalue weighted by atomic mass is 10.1. The van der Waals surface area contributed by atoms with E-state index in [1.165, 1.54) is 26.6 Å². The average molecular weight is 402 g/mol. The number of ether oxygens (including phenoxy) is 3. The molecule has 1 heterocycles. The molecule has 8 heteroatoms. The Bertz CT molecular complexity index is 1020. The second-order valence-corrected chi connectivity index (χ2v) is 7.74. The molecule has 0 unspecified atom stereocenters. The summed E-state index contributed by atoms with van der Waals surface area (Å²) in [6.07, 6.45) is 3.68. The van der Waals surface area contributed by atoms with E-state index < -0.39 is 10.0 Å². The van der Waals surface area contributed by atoms with E-state index in [1.54, 1.807) is 42.5 Å². The monoisotopic (exact) mass is 402 g/mol. The third-order valence-corrected chi connectivity index (χ3v) is 5.76. The minimum atomic E-state index is -3.80. The fraction of sp³-hybridized carbons (Fsp3) is 0.250. The number of aromatic nitrogens is 2. The van der Waals surface area contributed by atoms with Gasteiger partial charge in [-0.2, -0.15) is 0 Å². The maximum atomic E-state index is 13.0. The van der Waals surface area contributed by atoms with Crippen molar-refractivity contribution in [3.63, 3.8) is 0 Å². The first kappa shape index (κ1) is 19.8. The van der Waals surface area contributed by atoms with Crippen molar-refractivity contribution in [1.82, 2.24) is 8.96 Å². The molecule has 0 fully saturated rings. The molecule has 0 radical (unpaired) electrons. The van der Waals surface area contributed by atoms with E-state index in [-0.39, 0.29) is 10.7 Å². The van der Waals surface area contributed by atoms with Crippen LogP contribution in [0.5, 0.6) is 17.2 Å². The molecule has 7 nitrogen and oxygen atoms in total. The smallest absolute Gasteiger partial charge is 0.269 e. The van der Waals surface area contributed by atoms with E-state index in [4.69, 9.17) is 14.2 Å². The molecule has 0 aliphatic rings. The van der Waals surface area contributed by atoms with Gasteiger partial charge in [0.15, 0.2) is 17.3 Å². The second kappa shape index (κ2) is 8.35. The van der Waals surface area contributed by atoms with Crippen LogP contribution in [0, 0.1) is 0 Å². The van der Waals surface area contributed by atoms with Gasteiger partial charge in [0.1, 0.15) is 0 Å². The summed E-state index contributed by atoms with van der Waals surface area (Å²) in [5, 5.41) is 0. The average Bonchev–Trinajstić information content (AvgIpc) is 3.23. The molecular weight excluding hydrogens is 380 g/mol. The van der Waals surface area contributed by atoms with Crippen LogP contribution in [0.25, 0.3) is 11.4 Å². The highest BCUT2D eigenvalue weighted by Crippen LogP contribution is 2.41. The molecule has 0 amide bonds. The Balaban J connectivity index is 2.13. The predicted octanol–water partition coefficient (Wildman–Crippen LogP) is 3.59. The first-order valence-electron chi connectivity index (χ1n) is 8.76. The molecule has 0 saturated carbocycles. The van der Waals surface area contributed by atoms with Crippen molar-refractivity contribution in [3.8, 4) is 28.6 Å². The van der Waals surface area contributed by atoms with Gasteiger partial charge in [-0.1, -0.05) is 25.1 Å². The molecule has 0 aliphatic carbocycles. The van der Waals surface area contributed by atoms with Crippen molar-refractivity contribution in [2.24, 2.45) is 0 Å². The lowest BCUT2D eigenvalue weighted by molar-refractivity contribution is 0.275. The van der Waals surface area contributed by atoms with E-state index in [2.05, 4.69) is 4.98 Å². The molecule has 3 rings (SSSR count). The number of hydrogen-bond donors (Lipinski definition) is 0. The summed E-state index contributed by atoms with van der Waals surface area (Å²) in [7, 11) is -0.760. The number of rotatable bonds is 8. The lowest BCUT2D eigenvalue weighted by Gasteiger charge is -2.16. The van der Waals surface area contributed by atoms with Crippen LogP contribution in [0.3, 0.4) is 0 Å². The predicted molar refractivity (Wildman–Crippen MR) is 106 cm³/mol. The summed E-state index contributed by atoms with van der Waals surface area (Å²) in [6, 6.07) is 11.6. The lowest BCUT2D eigenvalue weighted by Crippen LogP contribution is -2.13. The third-order valence-electron chi connectivity index (χ3n) is 4.08. The molecule has 3 aromatic rings. The number of hydrogen-bond acceptors (Lipinski definition) is 6. The Kier molecular flexibility index (Phi) is 5.89. The summed E-state index contributed by atoms with van der Waals surface area (Å²) >= 11 is 0. The van der Waals surface area contributed by atoms with Crippen LogP contribution < -0.4 is 14.2 Å². The molecule has 0 bridgehead atoms. The molecule has 148 valence electrons. The van der Waals surface area contributed by atoms with Gasteiger partial charge in [-0.3, -0.25) is 0 Å². The largest absolute Gasteiger partial charge is 0.493 e. The molecule has 0 aliphatic heterocycles. The Hall–Kier alpha value is -3.00. The first-order valence-corrected chi connectivity index (χ1v) is 10.2. The maximum Gasteiger partial charge on any atom is 0.269 e. The van der Waals surface area contributed by atoms with Crippen molar-refractivity contribution >= 4 is 10.0 Å². The Morgan fingerprint density at radius 3 is 2.25 bits per heavy atom. The fourth-order valence-corrected chi connectivity index (χ4v) is 4.07. The molecule has 0 atom stereocenters. The van der Waals surface area contributed by atoms with Gasteiger partial charge < -0.3 is 14.2 Å². The van der Waals surface area contributed by atoms with Crippen molar-refractivity contribution in [3.05, 3.63) is 54.9 Å². The van der Waals surface area contributed by atoms with Crippen molar-refractivity contribution < 1.29 is 22.6 Å². The van der Waals surface area contributed by atoms with Crippen LogP contribution in [0.4, 0.5) is 0 Å². The van der Waals surface area contributed by atoms with Gasteiger partial charge in [-0.25, -0.2) is 17.4 Å². The molecular formula is C20H22N2O5S. The second-order valence-electron chi connectivity index (χ2n) is 5.92. The molecule has 28 heavy (non-hydrogen) atoms. The topological polar surface area (TPSA) is 79.7 Å². The summed E-state index contributed by atoms with van der Waals surface area (Å²) in [6.45, 7) is 2.50. The summed E-state index contributed by atoms with van der Waals surface area (Å²) in [5.41, 5.74) is 0.530. The minimum absolute atomic E-state index is 0.177. The van der Waals surface area contributed by atoms with Crippen LogP contribution in [0.2, 0.25) is 0 Å². The maximum absolute atomic E-state index is 13.0. The fourth-order valence-electron chi connectivity index (χ4n) is 2.75. The zero-order chi connectivity index (χ0) is 20.1. The van der Waals surface area contributed by atoms with Gasteiger partial charge >= 0.3 is 0 Å². The van der Waals surface area contributed by atoms with E-state index in [0.29, 0.717) is 29.4 Å². The molecule has 1 aromatic heterocycles. The van der Waals surface area contributed by atoms with Crippen molar-refractivity contribution in [2.75, 3.05) is 20.8 Å². The van der Waals surface area contributed by atoms with E-state index in [9.17, 15) is 8.42 Å². The van der Waals surface area contributed by atoms with Gasteiger partial charge in [-0.15, -0.1) is 0 Å². The molecule has 0 N–H and O–H groups in total. The van der Waals surface area contributed by atoms with Crippen molar-refractivity contribution in [1.29, 1.82) is 0 Å². The van der Waals surface area contributed by atoms with Gasteiger partial charge in [0, 0.05) is 18.0 Å². The highest BCUT2D eigenvalue weighted by atomic mass is 32.2. The first-order chi connectivity index (χ1) is 13.5.